The van der Waals surface area contributed by atoms with Crippen molar-refractivity contribution >= 4 is 11.8 Å². The van der Waals surface area contributed by atoms with Crippen LogP contribution in [-0.2, 0) is 9.59 Å². The van der Waals surface area contributed by atoms with Gasteiger partial charge in [0.2, 0.25) is 11.8 Å². The van der Waals surface area contributed by atoms with E-state index in [0.717, 1.165) is 32.2 Å². The van der Waals surface area contributed by atoms with Crippen LogP contribution in [0.3, 0.4) is 0 Å². The van der Waals surface area contributed by atoms with Crippen molar-refractivity contribution in [2.24, 2.45) is 5.92 Å². The van der Waals surface area contributed by atoms with Gasteiger partial charge in [-0.3, -0.25) is 9.59 Å². The van der Waals surface area contributed by atoms with Gasteiger partial charge in [-0.2, -0.15) is 0 Å². The summed E-state index contributed by atoms with van der Waals surface area (Å²) < 4.78 is 0. The van der Waals surface area contributed by atoms with Crippen molar-refractivity contribution in [2.75, 3.05) is 6.54 Å². The molecule has 1 saturated heterocycles. The van der Waals surface area contributed by atoms with E-state index in [4.69, 9.17) is 0 Å². The summed E-state index contributed by atoms with van der Waals surface area (Å²) in [5, 5.41) is 2.93. The second-order valence-electron chi connectivity index (χ2n) is 6.68. The van der Waals surface area contributed by atoms with Crippen LogP contribution in [0.25, 0.3) is 0 Å². The lowest BCUT2D eigenvalue weighted by Gasteiger charge is -2.49. The van der Waals surface area contributed by atoms with E-state index in [1.54, 1.807) is 0 Å². The third kappa shape index (κ3) is 1.65. The Morgan fingerprint density at radius 2 is 1.83 bits per heavy atom. The molecule has 18 heavy (non-hydrogen) atoms. The van der Waals surface area contributed by atoms with Gasteiger partial charge in [-0.25, -0.2) is 0 Å². The van der Waals surface area contributed by atoms with Gasteiger partial charge in [-0.05, 0) is 45.4 Å². The van der Waals surface area contributed by atoms with Crippen LogP contribution < -0.4 is 5.32 Å². The third-order valence-corrected chi connectivity index (χ3v) is 4.71. The molecule has 4 nitrogen and oxygen atoms in total. The van der Waals surface area contributed by atoms with Crippen molar-refractivity contribution in [1.29, 1.82) is 0 Å². The van der Waals surface area contributed by atoms with Crippen LogP contribution >= 0.6 is 0 Å². The van der Waals surface area contributed by atoms with E-state index in [-0.39, 0.29) is 11.8 Å². The molecular formula is C14H22N2O2. The highest BCUT2D eigenvalue weighted by Gasteiger charge is 2.56. The predicted molar refractivity (Wildman–Crippen MR) is 67.9 cm³/mol. The van der Waals surface area contributed by atoms with Gasteiger partial charge in [-0.1, -0.05) is 12.8 Å². The summed E-state index contributed by atoms with van der Waals surface area (Å²) in [6.07, 6.45) is 6.22. The lowest BCUT2D eigenvalue weighted by molar-refractivity contribution is -0.161. The summed E-state index contributed by atoms with van der Waals surface area (Å²) in [5.74, 6) is 0.814. The van der Waals surface area contributed by atoms with Gasteiger partial charge in [0, 0.05) is 6.54 Å². The number of hydrogen-bond donors (Lipinski definition) is 1. The van der Waals surface area contributed by atoms with Crippen molar-refractivity contribution < 1.29 is 9.59 Å². The molecule has 1 heterocycles. The Morgan fingerprint density at radius 1 is 1.22 bits per heavy atom. The highest BCUT2D eigenvalue weighted by molar-refractivity contribution is 6.02. The summed E-state index contributed by atoms with van der Waals surface area (Å²) in [6, 6.07) is 0. The average Bonchev–Trinajstić information content (AvgIpc) is 2.98. The van der Waals surface area contributed by atoms with Gasteiger partial charge in [0.15, 0.2) is 0 Å². The molecule has 2 aliphatic carbocycles. The smallest absolute Gasteiger partial charge is 0.248 e. The van der Waals surface area contributed by atoms with Crippen molar-refractivity contribution in [3.05, 3.63) is 0 Å². The second kappa shape index (κ2) is 3.72. The first kappa shape index (κ1) is 12.0. The fourth-order valence-corrected chi connectivity index (χ4v) is 3.38. The maximum absolute atomic E-state index is 12.6. The number of carbonyl (C=O) groups excluding carboxylic acids is 2. The fraction of sp³-hybridized carbons (Fsp3) is 0.857. The van der Waals surface area contributed by atoms with Gasteiger partial charge < -0.3 is 10.2 Å². The molecule has 0 atom stereocenters. The van der Waals surface area contributed by atoms with Gasteiger partial charge in [0.05, 0.1) is 0 Å². The zero-order valence-electron chi connectivity index (χ0n) is 11.3. The Morgan fingerprint density at radius 3 is 2.39 bits per heavy atom. The minimum atomic E-state index is -0.736. The Kier molecular flexibility index (Phi) is 2.48. The summed E-state index contributed by atoms with van der Waals surface area (Å²) in [6.45, 7) is 4.42. The molecule has 1 aliphatic heterocycles. The molecule has 1 spiro atoms. The molecule has 0 unspecified atom stereocenters. The summed E-state index contributed by atoms with van der Waals surface area (Å²) in [7, 11) is 0. The molecule has 2 amide bonds. The molecule has 0 bridgehead atoms. The largest absolute Gasteiger partial charge is 0.340 e. The van der Waals surface area contributed by atoms with Gasteiger partial charge in [-0.15, -0.1) is 0 Å². The van der Waals surface area contributed by atoms with E-state index in [1.165, 1.54) is 12.8 Å². The van der Waals surface area contributed by atoms with Crippen molar-refractivity contribution in [3.8, 4) is 0 Å². The number of rotatable bonds is 2. The maximum atomic E-state index is 12.6. The highest BCUT2D eigenvalue weighted by atomic mass is 16.2. The second-order valence-corrected chi connectivity index (χ2v) is 6.68. The molecule has 3 rings (SSSR count). The zero-order valence-corrected chi connectivity index (χ0v) is 11.3. The first-order chi connectivity index (χ1) is 8.46. The molecule has 0 aromatic carbocycles. The molecule has 0 radical (unpaired) electrons. The number of piperazine rings is 1. The van der Waals surface area contributed by atoms with E-state index in [9.17, 15) is 9.59 Å². The van der Waals surface area contributed by atoms with Crippen molar-refractivity contribution in [2.45, 2.75) is 63.5 Å². The first-order valence-corrected chi connectivity index (χ1v) is 7.10. The minimum absolute atomic E-state index is 0.0743. The Labute approximate surface area is 108 Å². The summed E-state index contributed by atoms with van der Waals surface area (Å²) in [4.78, 5) is 27.0. The van der Waals surface area contributed by atoms with Gasteiger partial charge in [0.25, 0.3) is 0 Å². The number of nitrogens with zero attached hydrogens (tertiary/aromatic N) is 1. The monoisotopic (exact) mass is 250 g/mol. The number of amides is 2. The Hall–Kier alpha value is -1.06. The molecule has 100 valence electrons. The van der Waals surface area contributed by atoms with Crippen LogP contribution in [0.5, 0.6) is 0 Å². The summed E-state index contributed by atoms with van der Waals surface area (Å²) in [5.41, 5.74) is -1.25. The van der Waals surface area contributed by atoms with E-state index >= 15 is 0 Å². The van der Waals surface area contributed by atoms with Crippen LogP contribution in [0, 0.1) is 5.92 Å². The molecule has 0 aromatic rings. The maximum Gasteiger partial charge on any atom is 0.248 e. The van der Waals surface area contributed by atoms with Gasteiger partial charge >= 0.3 is 0 Å². The van der Waals surface area contributed by atoms with E-state index in [0.29, 0.717) is 5.92 Å². The first-order valence-electron chi connectivity index (χ1n) is 7.10. The van der Waals surface area contributed by atoms with Crippen molar-refractivity contribution in [3.63, 3.8) is 0 Å². The zero-order chi connectivity index (χ0) is 13.0. The number of hydrogen-bond acceptors (Lipinski definition) is 2. The lowest BCUT2D eigenvalue weighted by Crippen LogP contribution is -2.73. The molecule has 1 N–H and O–H groups in total. The fourth-order valence-electron chi connectivity index (χ4n) is 3.38. The normalized spacial score (nSPS) is 29.8. The van der Waals surface area contributed by atoms with E-state index in [2.05, 4.69) is 5.32 Å². The quantitative estimate of drug-likeness (QED) is 0.806. The molecule has 4 heteroatoms. The third-order valence-electron chi connectivity index (χ3n) is 4.71. The molecule has 3 aliphatic rings. The Balaban J connectivity index is 1.94. The lowest BCUT2D eigenvalue weighted by atomic mass is 9.85. The highest BCUT2D eigenvalue weighted by Crippen LogP contribution is 2.42. The topological polar surface area (TPSA) is 49.4 Å². The molecule has 0 aromatic heterocycles. The van der Waals surface area contributed by atoms with Crippen LogP contribution in [-0.4, -0.2) is 34.3 Å². The number of carbonyl (C=O) groups is 2. The van der Waals surface area contributed by atoms with Crippen LogP contribution in [0.4, 0.5) is 0 Å². The van der Waals surface area contributed by atoms with Crippen LogP contribution in [0.2, 0.25) is 0 Å². The molecule has 3 fully saturated rings. The van der Waals surface area contributed by atoms with Crippen LogP contribution in [0.1, 0.15) is 52.4 Å². The average molecular weight is 250 g/mol. The molecular weight excluding hydrogens is 228 g/mol. The summed E-state index contributed by atoms with van der Waals surface area (Å²) >= 11 is 0. The minimum Gasteiger partial charge on any atom is -0.340 e. The Bertz CT molecular complexity index is 393. The molecule has 2 saturated carbocycles. The van der Waals surface area contributed by atoms with E-state index in [1.807, 2.05) is 18.7 Å². The predicted octanol–water partition coefficient (Wildman–Crippen LogP) is 1.45. The van der Waals surface area contributed by atoms with Crippen LogP contribution in [0.15, 0.2) is 0 Å². The SMILES string of the molecule is CC1(C)NC(=O)C2(CCCC2)N(CC2CC2)C1=O. The van der Waals surface area contributed by atoms with Gasteiger partial charge in [0.1, 0.15) is 11.1 Å². The standard InChI is InChI=1S/C14H22N2O2/c1-13(2)12(18)16(9-10-5-6-10)14(11(17)15-13)7-3-4-8-14/h10H,3-9H2,1-2H3,(H,15,17). The number of nitrogens with one attached hydrogen (secondary N) is 1. The van der Waals surface area contributed by atoms with Crippen molar-refractivity contribution in [1.82, 2.24) is 10.2 Å². The van der Waals surface area contributed by atoms with E-state index < -0.39 is 11.1 Å².